The van der Waals surface area contributed by atoms with E-state index in [1.165, 1.54) is 40.9 Å². The lowest BCUT2D eigenvalue weighted by Gasteiger charge is -2.42. The minimum atomic E-state index is -0.185. The minimum Gasteiger partial charge on any atom is -0.365 e. The highest BCUT2D eigenvalue weighted by atomic mass is 16.2. The Kier molecular flexibility index (Phi) is 6.86. The third kappa shape index (κ3) is 4.51. The summed E-state index contributed by atoms with van der Waals surface area (Å²) >= 11 is 0. The fourth-order valence-electron chi connectivity index (χ4n) is 7.77. The van der Waals surface area contributed by atoms with Crippen molar-refractivity contribution < 1.29 is 4.79 Å². The van der Waals surface area contributed by atoms with E-state index in [-0.39, 0.29) is 17.4 Å². The third-order valence-corrected chi connectivity index (χ3v) is 10.1. The van der Waals surface area contributed by atoms with Crippen molar-refractivity contribution in [2.24, 2.45) is 0 Å². The molecule has 216 valence electrons. The van der Waals surface area contributed by atoms with Crippen LogP contribution in [0, 0.1) is 11.3 Å². The molecule has 2 saturated heterocycles. The minimum absolute atomic E-state index is 0.0173. The predicted octanol–water partition coefficient (Wildman–Crippen LogP) is 4.44. The van der Waals surface area contributed by atoms with Gasteiger partial charge in [0.1, 0.15) is 11.6 Å². The van der Waals surface area contributed by atoms with Crippen LogP contribution < -0.4 is 9.80 Å². The normalized spacial score (nSPS) is 23.5. The summed E-state index contributed by atoms with van der Waals surface area (Å²) in [6, 6.07) is 17.8. The molecule has 0 N–H and O–H groups in total. The molecule has 3 aromatic rings. The molecule has 1 aromatic heterocycles. The van der Waals surface area contributed by atoms with Gasteiger partial charge in [-0.1, -0.05) is 43.0 Å². The van der Waals surface area contributed by atoms with Crippen LogP contribution in [0.15, 0.2) is 55.1 Å². The number of piperazine rings is 1. The number of benzene rings is 2. The van der Waals surface area contributed by atoms with Crippen molar-refractivity contribution in [3.63, 3.8) is 0 Å². The van der Waals surface area contributed by atoms with E-state index in [1.807, 2.05) is 0 Å². The van der Waals surface area contributed by atoms with Crippen molar-refractivity contribution in [2.45, 2.75) is 62.6 Å². The molecule has 42 heavy (non-hydrogen) atoms. The van der Waals surface area contributed by atoms with Gasteiger partial charge in [0.15, 0.2) is 0 Å². The Morgan fingerprint density at radius 1 is 1.10 bits per heavy atom. The number of carbonyl (C=O) groups excluding carboxylic acids is 1. The SMILES string of the molecule is C=CC(=O)N1CCN(c2nc(C3([C@H]4CCCN4C)CC3)nc3c2CCN(c2cccc4ccccc24)C3)C[C@@H]1CC#N. The maximum absolute atomic E-state index is 12.6. The number of likely N-dealkylation sites (tertiary alicyclic amines) is 1. The smallest absolute Gasteiger partial charge is 0.246 e. The topological polar surface area (TPSA) is 79.6 Å². The van der Waals surface area contributed by atoms with Gasteiger partial charge < -0.3 is 19.6 Å². The van der Waals surface area contributed by atoms with Crippen molar-refractivity contribution in [2.75, 3.05) is 49.6 Å². The van der Waals surface area contributed by atoms with Gasteiger partial charge >= 0.3 is 0 Å². The van der Waals surface area contributed by atoms with Crippen LogP contribution in [0.4, 0.5) is 11.5 Å². The fourth-order valence-corrected chi connectivity index (χ4v) is 7.77. The first-order valence-electron chi connectivity index (χ1n) is 15.4. The number of rotatable bonds is 6. The quantitative estimate of drug-likeness (QED) is 0.412. The Labute approximate surface area is 248 Å². The van der Waals surface area contributed by atoms with Crippen LogP contribution in [0.5, 0.6) is 0 Å². The van der Waals surface area contributed by atoms with Crippen LogP contribution in [0.2, 0.25) is 0 Å². The largest absolute Gasteiger partial charge is 0.365 e. The van der Waals surface area contributed by atoms with E-state index in [9.17, 15) is 10.1 Å². The van der Waals surface area contributed by atoms with E-state index in [1.54, 1.807) is 4.90 Å². The zero-order valence-electron chi connectivity index (χ0n) is 24.5. The number of hydrogen-bond acceptors (Lipinski definition) is 7. The number of amides is 1. The van der Waals surface area contributed by atoms with E-state index in [2.05, 4.69) is 76.9 Å². The number of anilines is 2. The summed E-state index contributed by atoms with van der Waals surface area (Å²) in [4.78, 5) is 32.6. The van der Waals surface area contributed by atoms with Gasteiger partial charge in [0.2, 0.25) is 5.91 Å². The standard InChI is InChI=1S/C34H39N7O/c1-3-31(42)41-21-20-40(22-25(41)13-17-35)32-27-14-19-39(29-11-6-9-24-8-4-5-10-26(24)29)23-28(27)36-33(37-32)34(15-16-34)30-12-7-18-38(30)2/h3-6,8-11,25,30H,1,7,12-16,18-23H2,2H3/t25-,30+/m0/s1. The van der Waals surface area contributed by atoms with E-state index in [4.69, 9.17) is 9.97 Å². The van der Waals surface area contributed by atoms with Gasteiger partial charge in [-0.15, -0.1) is 0 Å². The maximum Gasteiger partial charge on any atom is 0.246 e. The molecule has 1 amide bonds. The van der Waals surface area contributed by atoms with Gasteiger partial charge in [0.05, 0.1) is 30.8 Å². The van der Waals surface area contributed by atoms with Gasteiger partial charge in [-0.3, -0.25) is 4.79 Å². The first kappa shape index (κ1) is 26.9. The molecule has 2 aromatic carbocycles. The highest BCUT2D eigenvalue weighted by molar-refractivity contribution is 5.94. The molecule has 8 heteroatoms. The molecule has 1 saturated carbocycles. The molecule has 3 fully saturated rings. The molecule has 8 nitrogen and oxygen atoms in total. The number of hydrogen-bond donors (Lipinski definition) is 0. The zero-order chi connectivity index (χ0) is 28.8. The van der Waals surface area contributed by atoms with Crippen LogP contribution >= 0.6 is 0 Å². The molecule has 7 rings (SSSR count). The first-order chi connectivity index (χ1) is 20.5. The molecular weight excluding hydrogens is 522 g/mol. The Bertz CT molecular complexity index is 1570. The molecular formula is C34H39N7O. The molecule has 0 radical (unpaired) electrons. The summed E-state index contributed by atoms with van der Waals surface area (Å²) in [5.74, 6) is 1.91. The Hall–Kier alpha value is -3.96. The highest BCUT2D eigenvalue weighted by Crippen LogP contribution is 2.54. The van der Waals surface area contributed by atoms with Crippen molar-refractivity contribution in [3.8, 4) is 6.07 Å². The van der Waals surface area contributed by atoms with E-state index < -0.39 is 0 Å². The van der Waals surface area contributed by atoms with Crippen LogP contribution in [0.25, 0.3) is 10.8 Å². The van der Waals surface area contributed by atoms with E-state index in [0.717, 1.165) is 56.2 Å². The lowest BCUT2D eigenvalue weighted by molar-refractivity contribution is -0.128. The first-order valence-corrected chi connectivity index (χ1v) is 15.4. The number of likely N-dealkylation sites (N-methyl/N-ethyl adjacent to an activating group) is 1. The predicted molar refractivity (Wildman–Crippen MR) is 165 cm³/mol. The average molecular weight is 562 g/mol. The third-order valence-electron chi connectivity index (χ3n) is 10.1. The Morgan fingerprint density at radius 3 is 2.69 bits per heavy atom. The molecule has 0 spiro atoms. The highest BCUT2D eigenvalue weighted by Gasteiger charge is 2.56. The van der Waals surface area contributed by atoms with E-state index >= 15 is 0 Å². The fraction of sp³-hybridized carbons (Fsp3) is 0.471. The van der Waals surface area contributed by atoms with Crippen LogP contribution in [-0.2, 0) is 23.2 Å². The average Bonchev–Trinajstić information content (AvgIpc) is 3.72. The molecule has 4 aliphatic rings. The number of aromatic nitrogens is 2. The van der Waals surface area contributed by atoms with Gasteiger partial charge in [-0.25, -0.2) is 9.97 Å². The summed E-state index contributed by atoms with van der Waals surface area (Å²) in [5.41, 5.74) is 3.62. The lowest BCUT2D eigenvalue weighted by Crippen LogP contribution is -2.55. The monoisotopic (exact) mass is 561 g/mol. The number of carbonyl (C=O) groups is 1. The second kappa shape index (κ2) is 10.7. The van der Waals surface area contributed by atoms with Gasteiger partial charge in [0, 0.05) is 54.3 Å². The molecule has 1 aliphatic carbocycles. The second-order valence-electron chi connectivity index (χ2n) is 12.5. The second-order valence-corrected chi connectivity index (χ2v) is 12.5. The molecule has 3 aliphatic heterocycles. The van der Waals surface area contributed by atoms with Crippen molar-refractivity contribution in [1.82, 2.24) is 19.8 Å². The molecule has 0 bridgehead atoms. The van der Waals surface area contributed by atoms with Gasteiger partial charge in [-0.2, -0.15) is 5.26 Å². The van der Waals surface area contributed by atoms with Crippen molar-refractivity contribution >= 4 is 28.2 Å². The Balaban J connectivity index is 1.29. The van der Waals surface area contributed by atoms with E-state index in [0.29, 0.717) is 32.1 Å². The van der Waals surface area contributed by atoms with Crippen LogP contribution in [0.1, 0.15) is 49.2 Å². The summed E-state index contributed by atoms with van der Waals surface area (Å²) in [6.07, 6.45) is 7.20. The van der Waals surface area contributed by atoms with Gasteiger partial charge in [0.25, 0.3) is 0 Å². The Morgan fingerprint density at radius 2 is 1.93 bits per heavy atom. The number of fused-ring (bicyclic) bond motifs is 2. The summed E-state index contributed by atoms with van der Waals surface area (Å²) in [5, 5.41) is 12.1. The molecule has 2 atom stereocenters. The molecule has 0 unspecified atom stereocenters. The van der Waals surface area contributed by atoms with Crippen molar-refractivity contribution in [3.05, 3.63) is 72.2 Å². The lowest BCUT2D eigenvalue weighted by atomic mass is 9.92. The summed E-state index contributed by atoms with van der Waals surface area (Å²) in [7, 11) is 2.25. The van der Waals surface area contributed by atoms with Crippen LogP contribution in [0.3, 0.4) is 0 Å². The zero-order valence-corrected chi connectivity index (χ0v) is 24.5. The van der Waals surface area contributed by atoms with Gasteiger partial charge in [-0.05, 0) is 63.2 Å². The summed E-state index contributed by atoms with van der Waals surface area (Å²) in [6.45, 7) is 8.31. The summed E-state index contributed by atoms with van der Waals surface area (Å²) < 4.78 is 0. The van der Waals surface area contributed by atoms with Crippen molar-refractivity contribution in [1.29, 1.82) is 5.26 Å². The number of nitriles is 1. The number of nitrogens with zero attached hydrogens (tertiary/aromatic N) is 7. The maximum atomic E-state index is 12.6. The van der Waals surface area contributed by atoms with Crippen LogP contribution in [-0.4, -0.2) is 77.5 Å². The molecule has 4 heterocycles.